The van der Waals surface area contributed by atoms with E-state index in [4.69, 9.17) is 0 Å². The zero-order valence-electron chi connectivity index (χ0n) is 16.2. The summed E-state index contributed by atoms with van der Waals surface area (Å²) < 4.78 is 0. The zero-order chi connectivity index (χ0) is 18.9. The lowest BCUT2D eigenvalue weighted by Gasteiger charge is -2.27. The molecule has 0 bridgehead atoms. The molecule has 0 radical (unpaired) electrons. The lowest BCUT2D eigenvalue weighted by Crippen LogP contribution is -2.27. The number of aromatic amines is 1. The number of aromatic nitrogens is 2. The third kappa shape index (κ3) is 3.12. The number of nitrogens with zero attached hydrogens (tertiary/aromatic N) is 1. The Bertz CT molecular complexity index is 1080. The van der Waals surface area contributed by atoms with Crippen molar-refractivity contribution >= 4 is 10.9 Å². The molecule has 140 valence electrons. The van der Waals surface area contributed by atoms with Gasteiger partial charge in [-0.3, -0.25) is 4.98 Å². The summed E-state index contributed by atoms with van der Waals surface area (Å²) in [5.74, 6) is 0. The molecule has 2 N–H and O–H groups in total. The summed E-state index contributed by atoms with van der Waals surface area (Å²) in [6.07, 6.45) is 7.29. The number of hydrogen-bond donors (Lipinski definition) is 2. The molecule has 0 amide bonds. The highest BCUT2D eigenvalue weighted by atomic mass is 15.0. The Kier molecular flexibility index (Phi) is 4.46. The van der Waals surface area contributed by atoms with Crippen LogP contribution in [0.1, 0.15) is 48.7 Å². The zero-order valence-corrected chi connectivity index (χ0v) is 16.2. The summed E-state index contributed by atoms with van der Waals surface area (Å²) in [5, 5.41) is 5.21. The summed E-state index contributed by atoms with van der Waals surface area (Å²) in [5.41, 5.74) is 7.82. The maximum Gasteiger partial charge on any atom is 0.0480 e. The van der Waals surface area contributed by atoms with Crippen LogP contribution in [0, 0.1) is 0 Å². The van der Waals surface area contributed by atoms with Crippen LogP contribution in [0.25, 0.3) is 22.0 Å². The predicted molar refractivity (Wildman–Crippen MR) is 115 cm³/mol. The van der Waals surface area contributed by atoms with Gasteiger partial charge in [0.1, 0.15) is 0 Å². The number of fused-ring (bicyclic) bond motifs is 3. The van der Waals surface area contributed by atoms with Crippen molar-refractivity contribution in [2.75, 3.05) is 0 Å². The molecule has 0 fully saturated rings. The summed E-state index contributed by atoms with van der Waals surface area (Å²) in [6, 6.07) is 22.3. The molecule has 2 atom stereocenters. The molecule has 1 aliphatic rings. The maximum atomic E-state index is 4.27. The van der Waals surface area contributed by atoms with Crippen molar-refractivity contribution < 1.29 is 0 Å². The molecule has 3 nitrogen and oxygen atoms in total. The SMILES string of the molecule is C[C@@H](NC1CCCc2c1[nH]c1ccc(-c3cccnc3)cc21)c1ccccc1. The molecule has 5 rings (SSSR count). The topological polar surface area (TPSA) is 40.7 Å². The van der Waals surface area contributed by atoms with Crippen LogP contribution in [0.2, 0.25) is 0 Å². The van der Waals surface area contributed by atoms with Crippen LogP contribution in [0.3, 0.4) is 0 Å². The molecule has 2 aromatic carbocycles. The molecule has 2 heterocycles. The summed E-state index contributed by atoms with van der Waals surface area (Å²) >= 11 is 0. The van der Waals surface area contributed by atoms with E-state index in [0.717, 1.165) is 6.42 Å². The van der Waals surface area contributed by atoms with Crippen molar-refractivity contribution in [3.05, 3.63) is 89.9 Å². The molecule has 4 aromatic rings. The number of H-pyrrole nitrogens is 1. The van der Waals surface area contributed by atoms with Crippen LogP contribution in [0.15, 0.2) is 73.1 Å². The Morgan fingerprint density at radius 2 is 1.93 bits per heavy atom. The Labute approximate surface area is 165 Å². The van der Waals surface area contributed by atoms with Gasteiger partial charge in [0.05, 0.1) is 0 Å². The van der Waals surface area contributed by atoms with Crippen molar-refractivity contribution in [2.24, 2.45) is 0 Å². The van der Waals surface area contributed by atoms with Crippen LogP contribution in [0.5, 0.6) is 0 Å². The van der Waals surface area contributed by atoms with Gasteiger partial charge in [-0.05, 0) is 61.1 Å². The van der Waals surface area contributed by atoms with Crippen LogP contribution in [-0.2, 0) is 6.42 Å². The summed E-state index contributed by atoms with van der Waals surface area (Å²) in [7, 11) is 0. The van der Waals surface area contributed by atoms with Gasteiger partial charge in [-0.2, -0.15) is 0 Å². The quantitative estimate of drug-likeness (QED) is 0.467. The second-order valence-electron chi connectivity index (χ2n) is 7.76. The molecule has 28 heavy (non-hydrogen) atoms. The minimum atomic E-state index is 0.328. The fourth-order valence-corrected chi connectivity index (χ4v) is 4.48. The highest BCUT2D eigenvalue weighted by Gasteiger charge is 2.25. The van der Waals surface area contributed by atoms with Gasteiger partial charge in [-0.25, -0.2) is 0 Å². The minimum Gasteiger partial charge on any atom is -0.357 e. The molecular weight excluding hydrogens is 342 g/mol. The van der Waals surface area contributed by atoms with Gasteiger partial charge >= 0.3 is 0 Å². The monoisotopic (exact) mass is 367 g/mol. The number of hydrogen-bond acceptors (Lipinski definition) is 2. The van der Waals surface area contributed by atoms with Crippen molar-refractivity contribution in [1.82, 2.24) is 15.3 Å². The molecule has 2 aromatic heterocycles. The highest BCUT2D eigenvalue weighted by molar-refractivity contribution is 5.89. The van der Waals surface area contributed by atoms with E-state index in [2.05, 4.69) is 76.8 Å². The second-order valence-corrected chi connectivity index (χ2v) is 7.76. The lowest BCUT2D eigenvalue weighted by atomic mass is 9.90. The summed E-state index contributed by atoms with van der Waals surface area (Å²) in [6.45, 7) is 2.26. The van der Waals surface area contributed by atoms with E-state index in [1.54, 1.807) is 0 Å². The van der Waals surface area contributed by atoms with E-state index in [-0.39, 0.29) is 0 Å². The first-order chi connectivity index (χ1) is 13.8. The van der Waals surface area contributed by atoms with Gasteiger partial charge in [0.15, 0.2) is 0 Å². The first-order valence-electron chi connectivity index (χ1n) is 10.2. The average Bonchev–Trinajstić information content (AvgIpc) is 3.14. The van der Waals surface area contributed by atoms with Crippen LogP contribution >= 0.6 is 0 Å². The molecule has 0 spiro atoms. The average molecular weight is 367 g/mol. The second kappa shape index (κ2) is 7.25. The third-order valence-corrected chi connectivity index (χ3v) is 5.95. The fraction of sp³-hybridized carbons (Fsp3) is 0.240. The number of rotatable bonds is 4. The first-order valence-corrected chi connectivity index (χ1v) is 10.2. The van der Waals surface area contributed by atoms with Gasteiger partial charge in [-0.15, -0.1) is 0 Å². The first kappa shape index (κ1) is 17.2. The molecule has 0 saturated carbocycles. The molecule has 3 heteroatoms. The van der Waals surface area contributed by atoms with Crippen molar-refractivity contribution in [1.29, 1.82) is 0 Å². The number of benzene rings is 2. The lowest BCUT2D eigenvalue weighted by molar-refractivity contribution is 0.410. The number of nitrogens with one attached hydrogen (secondary N) is 2. The van der Waals surface area contributed by atoms with Crippen LogP contribution in [-0.4, -0.2) is 9.97 Å². The smallest absolute Gasteiger partial charge is 0.0480 e. The van der Waals surface area contributed by atoms with Gasteiger partial charge in [0, 0.05) is 46.6 Å². The fourth-order valence-electron chi connectivity index (χ4n) is 4.48. The predicted octanol–water partition coefficient (Wildman–Crippen LogP) is 5.96. The largest absolute Gasteiger partial charge is 0.357 e. The van der Waals surface area contributed by atoms with E-state index in [1.165, 1.54) is 51.7 Å². The molecule has 1 unspecified atom stereocenters. The van der Waals surface area contributed by atoms with Crippen molar-refractivity contribution in [2.45, 2.75) is 38.3 Å². The maximum absolute atomic E-state index is 4.27. The van der Waals surface area contributed by atoms with E-state index in [0.29, 0.717) is 12.1 Å². The number of pyridine rings is 1. The Balaban J connectivity index is 1.49. The van der Waals surface area contributed by atoms with Gasteiger partial charge in [0.25, 0.3) is 0 Å². The highest BCUT2D eigenvalue weighted by Crippen LogP contribution is 2.37. The van der Waals surface area contributed by atoms with Crippen LogP contribution < -0.4 is 5.32 Å². The Hall–Kier alpha value is -2.91. The normalized spacial score (nSPS) is 17.4. The van der Waals surface area contributed by atoms with E-state index >= 15 is 0 Å². The summed E-state index contributed by atoms with van der Waals surface area (Å²) in [4.78, 5) is 8.00. The molecule has 0 saturated heterocycles. The third-order valence-electron chi connectivity index (χ3n) is 5.95. The minimum absolute atomic E-state index is 0.328. The molecule has 1 aliphatic carbocycles. The van der Waals surface area contributed by atoms with Gasteiger partial charge in [-0.1, -0.05) is 42.5 Å². The van der Waals surface area contributed by atoms with Crippen molar-refractivity contribution in [3.8, 4) is 11.1 Å². The van der Waals surface area contributed by atoms with Crippen molar-refractivity contribution in [3.63, 3.8) is 0 Å². The van der Waals surface area contributed by atoms with Crippen LogP contribution in [0.4, 0.5) is 0 Å². The van der Waals surface area contributed by atoms with E-state index in [1.807, 2.05) is 18.5 Å². The van der Waals surface area contributed by atoms with Gasteiger partial charge < -0.3 is 10.3 Å². The Morgan fingerprint density at radius 3 is 2.75 bits per heavy atom. The Morgan fingerprint density at radius 1 is 1.04 bits per heavy atom. The molecular formula is C25H25N3. The van der Waals surface area contributed by atoms with E-state index < -0.39 is 0 Å². The van der Waals surface area contributed by atoms with E-state index in [9.17, 15) is 0 Å². The van der Waals surface area contributed by atoms with Gasteiger partial charge in [0.2, 0.25) is 0 Å². The standard InChI is InChI=1S/C25H25N3/c1-17(18-7-3-2-4-8-18)27-24-11-5-10-21-22-15-19(20-9-6-14-26-16-20)12-13-23(22)28-25(21)24/h2-4,6-9,12-17,24,27-28H,5,10-11H2,1H3/t17-,24?/m1/s1. The number of aryl methyl sites for hydroxylation is 1. The molecule has 0 aliphatic heterocycles.